The molecular weight excluding hydrogens is 214 g/mol. The molecule has 0 bridgehead atoms. The molecule has 0 aliphatic carbocycles. The van der Waals surface area contributed by atoms with Crippen molar-refractivity contribution in [1.82, 2.24) is 15.1 Å². The van der Waals surface area contributed by atoms with E-state index in [9.17, 15) is 4.79 Å². The molecule has 3 fully saturated rings. The fraction of sp³-hybridized carbons (Fsp3) is 0.923. The minimum Gasteiger partial charge on any atom is -0.340 e. The van der Waals surface area contributed by atoms with Gasteiger partial charge in [-0.05, 0) is 45.2 Å². The third-order valence-electron chi connectivity index (χ3n) is 4.47. The van der Waals surface area contributed by atoms with E-state index in [2.05, 4.69) is 15.1 Å². The van der Waals surface area contributed by atoms with Crippen LogP contribution in [0.5, 0.6) is 0 Å². The van der Waals surface area contributed by atoms with Gasteiger partial charge >= 0.3 is 0 Å². The summed E-state index contributed by atoms with van der Waals surface area (Å²) in [5.74, 6) is 0.358. The van der Waals surface area contributed by atoms with Crippen LogP contribution in [0.2, 0.25) is 0 Å². The Labute approximate surface area is 103 Å². The Morgan fingerprint density at radius 3 is 2.76 bits per heavy atom. The van der Waals surface area contributed by atoms with Crippen LogP contribution in [0.3, 0.4) is 0 Å². The van der Waals surface area contributed by atoms with Gasteiger partial charge in [-0.1, -0.05) is 0 Å². The van der Waals surface area contributed by atoms with Crippen molar-refractivity contribution in [3.63, 3.8) is 0 Å². The van der Waals surface area contributed by atoms with Gasteiger partial charge in [-0.15, -0.1) is 0 Å². The summed E-state index contributed by atoms with van der Waals surface area (Å²) in [6.45, 7) is 5.38. The van der Waals surface area contributed by atoms with Crippen LogP contribution in [0.1, 0.15) is 32.1 Å². The Morgan fingerprint density at radius 2 is 1.94 bits per heavy atom. The zero-order chi connectivity index (χ0) is 11.7. The number of hydrogen-bond donors (Lipinski definition) is 1. The van der Waals surface area contributed by atoms with Crippen molar-refractivity contribution in [2.24, 2.45) is 0 Å². The van der Waals surface area contributed by atoms with Crippen molar-refractivity contribution < 1.29 is 4.79 Å². The molecule has 17 heavy (non-hydrogen) atoms. The van der Waals surface area contributed by atoms with E-state index in [1.165, 1.54) is 25.9 Å². The van der Waals surface area contributed by atoms with Crippen molar-refractivity contribution in [3.8, 4) is 0 Å². The van der Waals surface area contributed by atoms with E-state index in [0.29, 0.717) is 11.9 Å². The first-order valence-electron chi connectivity index (χ1n) is 7.11. The summed E-state index contributed by atoms with van der Waals surface area (Å²) in [4.78, 5) is 17.1. The fourth-order valence-corrected chi connectivity index (χ4v) is 3.52. The number of carbonyl (C=O) groups excluding carboxylic acids is 1. The first-order chi connectivity index (χ1) is 8.34. The zero-order valence-electron chi connectivity index (χ0n) is 10.5. The molecule has 0 spiro atoms. The highest BCUT2D eigenvalue weighted by molar-refractivity contribution is 5.82. The summed E-state index contributed by atoms with van der Waals surface area (Å²) < 4.78 is 0. The van der Waals surface area contributed by atoms with Gasteiger partial charge < -0.3 is 10.2 Å². The van der Waals surface area contributed by atoms with E-state index < -0.39 is 0 Å². The number of carbonyl (C=O) groups is 1. The maximum atomic E-state index is 12.4. The second-order valence-electron chi connectivity index (χ2n) is 5.62. The average Bonchev–Trinajstić information content (AvgIpc) is 2.96. The molecule has 4 heteroatoms. The predicted octanol–water partition coefficient (Wildman–Crippen LogP) is 0.435. The number of hydrogen-bond acceptors (Lipinski definition) is 3. The number of nitrogens with one attached hydrogen (secondary N) is 1. The van der Waals surface area contributed by atoms with Gasteiger partial charge in [0.25, 0.3) is 0 Å². The topological polar surface area (TPSA) is 35.6 Å². The molecule has 1 unspecified atom stereocenters. The van der Waals surface area contributed by atoms with Gasteiger partial charge in [0.2, 0.25) is 5.91 Å². The Kier molecular flexibility index (Phi) is 3.34. The largest absolute Gasteiger partial charge is 0.340 e. The second kappa shape index (κ2) is 4.94. The third kappa shape index (κ3) is 2.33. The molecule has 3 rings (SSSR count). The molecule has 3 aliphatic heterocycles. The van der Waals surface area contributed by atoms with Gasteiger partial charge in [-0.3, -0.25) is 9.69 Å². The zero-order valence-corrected chi connectivity index (χ0v) is 10.5. The number of fused-ring (bicyclic) bond motifs is 1. The molecule has 3 heterocycles. The van der Waals surface area contributed by atoms with E-state index in [0.717, 1.165) is 38.9 Å². The Morgan fingerprint density at radius 1 is 1.06 bits per heavy atom. The number of nitrogens with zero attached hydrogens (tertiary/aromatic N) is 2. The van der Waals surface area contributed by atoms with Crippen molar-refractivity contribution in [1.29, 1.82) is 0 Å². The summed E-state index contributed by atoms with van der Waals surface area (Å²) in [7, 11) is 0. The minimum absolute atomic E-state index is 0.114. The van der Waals surface area contributed by atoms with Gasteiger partial charge in [0.05, 0.1) is 6.04 Å². The SMILES string of the molecule is O=C([C@H]1CCCN1)N1CCCN2CCCC2C1. The predicted molar refractivity (Wildman–Crippen MR) is 66.8 cm³/mol. The molecule has 2 atom stereocenters. The Bertz CT molecular complexity index is 288. The number of rotatable bonds is 1. The lowest BCUT2D eigenvalue weighted by molar-refractivity contribution is -0.133. The van der Waals surface area contributed by atoms with Gasteiger partial charge in [0.1, 0.15) is 0 Å². The lowest BCUT2D eigenvalue weighted by Crippen LogP contribution is -2.46. The van der Waals surface area contributed by atoms with Crippen molar-refractivity contribution in [2.75, 3.05) is 32.7 Å². The van der Waals surface area contributed by atoms with Crippen molar-refractivity contribution >= 4 is 5.91 Å². The van der Waals surface area contributed by atoms with E-state index >= 15 is 0 Å². The lowest BCUT2D eigenvalue weighted by atomic mass is 10.1. The van der Waals surface area contributed by atoms with Crippen LogP contribution in [0, 0.1) is 0 Å². The standard InChI is InChI=1S/C13H23N3O/c17-13(12-5-1-6-14-12)16-9-3-8-15-7-2-4-11(15)10-16/h11-12,14H,1-10H2/t11?,12-/m1/s1. The average molecular weight is 237 g/mol. The van der Waals surface area contributed by atoms with E-state index in [1.54, 1.807) is 0 Å². The molecule has 0 aromatic rings. The van der Waals surface area contributed by atoms with Gasteiger partial charge in [-0.2, -0.15) is 0 Å². The summed E-state index contributed by atoms with van der Waals surface area (Å²) in [5, 5.41) is 3.33. The molecule has 0 saturated carbocycles. The van der Waals surface area contributed by atoms with Crippen LogP contribution in [0.25, 0.3) is 0 Å². The molecule has 3 saturated heterocycles. The maximum absolute atomic E-state index is 12.4. The summed E-state index contributed by atoms with van der Waals surface area (Å²) in [5.41, 5.74) is 0. The molecule has 0 radical (unpaired) electrons. The smallest absolute Gasteiger partial charge is 0.239 e. The normalized spacial score (nSPS) is 34.7. The van der Waals surface area contributed by atoms with Crippen LogP contribution < -0.4 is 5.32 Å². The molecule has 4 nitrogen and oxygen atoms in total. The summed E-state index contributed by atoms with van der Waals surface area (Å²) >= 11 is 0. The minimum atomic E-state index is 0.114. The highest BCUT2D eigenvalue weighted by Gasteiger charge is 2.33. The van der Waals surface area contributed by atoms with Crippen LogP contribution >= 0.6 is 0 Å². The molecule has 0 aromatic heterocycles. The van der Waals surface area contributed by atoms with Gasteiger partial charge in [-0.25, -0.2) is 0 Å². The molecule has 3 aliphatic rings. The third-order valence-corrected chi connectivity index (χ3v) is 4.47. The van der Waals surface area contributed by atoms with Crippen LogP contribution in [-0.2, 0) is 4.79 Å². The van der Waals surface area contributed by atoms with Crippen molar-refractivity contribution in [2.45, 2.75) is 44.2 Å². The molecule has 96 valence electrons. The van der Waals surface area contributed by atoms with Crippen LogP contribution in [-0.4, -0.2) is 60.5 Å². The maximum Gasteiger partial charge on any atom is 0.239 e. The van der Waals surface area contributed by atoms with Gasteiger partial charge in [0.15, 0.2) is 0 Å². The van der Waals surface area contributed by atoms with Crippen LogP contribution in [0.4, 0.5) is 0 Å². The first-order valence-corrected chi connectivity index (χ1v) is 7.11. The number of amides is 1. The monoisotopic (exact) mass is 237 g/mol. The first kappa shape index (κ1) is 11.5. The van der Waals surface area contributed by atoms with Crippen LogP contribution in [0.15, 0.2) is 0 Å². The summed E-state index contributed by atoms with van der Waals surface area (Å²) in [6, 6.07) is 0.755. The quantitative estimate of drug-likeness (QED) is 0.718. The van der Waals surface area contributed by atoms with Gasteiger partial charge in [0, 0.05) is 25.7 Å². The van der Waals surface area contributed by atoms with E-state index in [1.807, 2.05) is 0 Å². The van der Waals surface area contributed by atoms with E-state index in [-0.39, 0.29) is 6.04 Å². The lowest BCUT2D eigenvalue weighted by Gasteiger charge is -2.27. The van der Waals surface area contributed by atoms with E-state index in [4.69, 9.17) is 0 Å². The fourth-order valence-electron chi connectivity index (χ4n) is 3.52. The Balaban J connectivity index is 1.63. The molecule has 1 amide bonds. The second-order valence-corrected chi connectivity index (χ2v) is 5.62. The molecular formula is C13H23N3O. The molecule has 1 N–H and O–H groups in total. The molecule has 0 aromatic carbocycles. The Hall–Kier alpha value is -0.610. The van der Waals surface area contributed by atoms with Crippen molar-refractivity contribution in [3.05, 3.63) is 0 Å². The summed E-state index contributed by atoms with van der Waals surface area (Å²) in [6.07, 6.45) is 5.93. The highest BCUT2D eigenvalue weighted by atomic mass is 16.2. The highest BCUT2D eigenvalue weighted by Crippen LogP contribution is 2.22.